The molecule has 2 aromatic rings. The van der Waals surface area contributed by atoms with Crippen LogP contribution in [0.4, 0.5) is 10.1 Å². The van der Waals surface area contributed by atoms with Gasteiger partial charge in [0.2, 0.25) is 5.91 Å². The molecule has 1 aliphatic heterocycles. The van der Waals surface area contributed by atoms with Crippen molar-refractivity contribution in [1.82, 2.24) is 5.32 Å². The number of nitrogens with zero attached hydrogens (tertiary/aromatic N) is 2. The molecule has 0 bridgehead atoms. The lowest BCUT2D eigenvalue weighted by atomic mass is 9.91. The van der Waals surface area contributed by atoms with Crippen LogP contribution in [0.25, 0.3) is 0 Å². The lowest BCUT2D eigenvalue weighted by molar-refractivity contribution is -0.129. The number of benzodiazepines with no additional fused rings is 1. The van der Waals surface area contributed by atoms with Gasteiger partial charge in [0, 0.05) is 23.9 Å². The van der Waals surface area contributed by atoms with Crippen LogP contribution in [0, 0.1) is 17.7 Å². The number of carbonyl (C=O) groups is 1. The van der Waals surface area contributed by atoms with Crippen molar-refractivity contribution in [2.45, 2.75) is 57.7 Å². The van der Waals surface area contributed by atoms with Gasteiger partial charge in [0.25, 0.3) is 0 Å². The Balaban J connectivity index is 1.63. The average molecular weight is 452 g/mol. The number of rotatable bonds is 9. The van der Waals surface area contributed by atoms with E-state index in [2.05, 4.69) is 12.2 Å². The van der Waals surface area contributed by atoms with E-state index >= 15 is 0 Å². The normalized spacial score (nSPS) is 19.8. The summed E-state index contributed by atoms with van der Waals surface area (Å²) in [6, 6.07) is 14.4. The molecule has 33 heavy (non-hydrogen) atoms. The van der Waals surface area contributed by atoms with Crippen LogP contribution < -0.4 is 10.2 Å². The number of aliphatic hydroxyl groups excluding tert-OH is 1. The quantitative estimate of drug-likeness (QED) is 0.589. The van der Waals surface area contributed by atoms with Gasteiger partial charge in [0.15, 0.2) is 0 Å². The SMILES string of the molecule is CCCCC(O)C(CC1CC1)C(=O)NC1CN(C)c2ccccc2C(c2ccccc2F)=N1. The Bertz CT molecular complexity index is 1000. The van der Waals surface area contributed by atoms with E-state index in [-0.39, 0.29) is 11.7 Å². The monoisotopic (exact) mass is 451 g/mol. The van der Waals surface area contributed by atoms with Crippen molar-refractivity contribution in [2.24, 2.45) is 16.8 Å². The first kappa shape index (κ1) is 23.4. The van der Waals surface area contributed by atoms with E-state index < -0.39 is 18.2 Å². The maximum atomic E-state index is 14.8. The second-order valence-electron chi connectivity index (χ2n) is 9.37. The van der Waals surface area contributed by atoms with E-state index in [1.54, 1.807) is 18.2 Å². The Hall–Kier alpha value is -2.73. The van der Waals surface area contributed by atoms with Crippen molar-refractivity contribution in [3.8, 4) is 0 Å². The van der Waals surface area contributed by atoms with E-state index in [4.69, 9.17) is 4.99 Å². The molecule has 0 aromatic heterocycles. The van der Waals surface area contributed by atoms with Crippen molar-refractivity contribution < 1.29 is 14.3 Å². The molecule has 1 aliphatic carbocycles. The molecule has 2 N–H and O–H groups in total. The molecule has 4 rings (SSSR count). The van der Waals surface area contributed by atoms with Gasteiger partial charge in [-0.15, -0.1) is 0 Å². The van der Waals surface area contributed by atoms with Gasteiger partial charge in [-0.3, -0.25) is 9.79 Å². The summed E-state index contributed by atoms with van der Waals surface area (Å²) in [5.41, 5.74) is 2.72. The highest BCUT2D eigenvalue weighted by Crippen LogP contribution is 2.37. The van der Waals surface area contributed by atoms with Gasteiger partial charge in [0.05, 0.1) is 24.3 Å². The maximum Gasteiger partial charge on any atom is 0.227 e. The largest absolute Gasteiger partial charge is 0.392 e. The van der Waals surface area contributed by atoms with E-state index in [0.717, 1.165) is 36.9 Å². The predicted molar refractivity (Wildman–Crippen MR) is 130 cm³/mol. The predicted octanol–water partition coefficient (Wildman–Crippen LogP) is 4.52. The summed E-state index contributed by atoms with van der Waals surface area (Å²) in [7, 11) is 1.95. The molecular weight excluding hydrogens is 417 g/mol. The van der Waals surface area contributed by atoms with Crippen LogP contribution in [0.2, 0.25) is 0 Å². The summed E-state index contributed by atoms with van der Waals surface area (Å²) in [5, 5.41) is 13.9. The molecule has 2 aliphatic rings. The zero-order valence-corrected chi connectivity index (χ0v) is 19.5. The first-order chi connectivity index (χ1) is 16.0. The molecule has 0 radical (unpaired) electrons. The number of unbranched alkanes of at least 4 members (excludes halogenated alkanes) is 1. The molecule has 1 fully saturated rings. The molecule has 176 valence electrons. The summed E-state index contributed by atoms with van der Waals surface area (Å²) in [6.07, 6.45) is 4.27. The third-order valence-electron chi connectivity index (χ3n) is 6.68. The van der Waals surface area contributed by atoms with E-state index in [1.165, 1.54) is 6.07 Å². The number of para-hydroxylation sites is 1. The zero-order chi connectivity index (χ0) is 23.4. The number of hydrogen-bond acceptors (Lipinski definition) is 4. The highest BCUT2D eigenvalue weighted by Gasteiger charge is 2.35. The maximum absolute atomic E-state index is 14.8. The number of hydrogen-bond donors (Lipinski definition) is 2. The molecule has 1 heterocycles. The van der Waals surface area contributed by atoms with Crippen molar-refractivity contribution in [3.05, 3.63) is 65.5 Å². The second-order valence-corrected chi connectivity index (χ2v) is 9.37. The summed E-state index contributed by atoms with van der Waals surface area (Å²) in [5.74, 6) is -0.420. The molecule has 1 saturated carbocycles. The van der Waals surface area contributed by atoms with Gasteiger partial charge in [0.1, 0.15) is 12.0 Å². The van der Waals surface area contributed by atoms with Gasteiger partial charge in [-0.1, -0.05) is 62.9 Å². The number of likely N-dealkylation sites (N-methyl/N-ethyl adjacent to an activating group) is 1. The smallest absolute Gasteiger partial charge is 0.227 e. The summed E-state index contributed by atoms with van der Waals surface area (Å²) >= 11 is 0. The Morgan fingerprint density at radius 2 is 1.88 bits per heavy atom. The number of anilines is 1. The van der Waals surface area contributed by atoms with E-state index in [0.29, 0.717) is 36.6 Å². The number of halogens is 1. The molecule has 2 aromatic carbocycles. The van der Waals surface area contributed by atoms with Crippen molar-refractivity contribution in [1.29, 1.82) is 0 Å². The topological polar surface area (TPSA) is 64.9 Å². The minimum atomic E-state index is -0.652. The molecule has 3 unspecified atom stereocenters. The number of fused-ring (bicyclic) bond motifs is 1. The molecule has 0 spiro atoms. The van der Waals surface area contributed by atoms with Crippen LogP contribution in [-0.2, 0) is 4.79 Å². The summed E-state index contributed by atoms with van der Waals surface area (Å²) in [6.45, 7) is 2.54. The summed E-state index contributed by atoms with van der Waals surface area (Å²) in [4.78, 5) is 20.2. The zero-order valence-electron chi connectivity index (χ0n) is 19.5. The molecular formula is C27H34FN3O2. The average Bonchev–Trinajstić information content (AvgIpc) is 3.64. The van der Waals surface area contributed by atoms with Crippen LogP contribution in [0.5, 0.6) is 0 Å². The van der Waals surface area contributed by atoms with Crippen LogP contribution in [0.1, 0.15) is 56.6 Å². The standard InChI is InChI=1S/C27H34FN3O2/c1-3-4-13-24(32)21(16-18-14-15-18)27(33)30-25-17-31(2)23-12-8-6-10-20(23)26(29-25)19-9-5-7-11-22(19)28/h5-12,18,21,24-25,32H,3-4,13-17H2,1-2H3,(H,30,33). The van der Waals surface area contributed by atoms with Crippen LogP contribution >= 0.6 is 0 Å². The van der Waals surface area contributed by atoms with Gasteiger partial charge >= 0.3 is 0 Å². The van der Waals surface area contributed by atoms with Crippen LogP contribution in [0.3, 0.4) is 0 Å². The minimum Gasteiger partial charge on any atom is -0.392 e. The van der Waals surface area contributed by atoms with Gasteiger partial charge < -0.3 is 15.3 Å². The highest BCUT2D eigenvalue weighted by molar-refractivity contribution is 6.16. The lowest BCUT2D eigenvalue weighted by Crippen LogP contribution is -2.46. The lowest BCUT2D eigenvalue weighted by Gasteiger charge is -2.26. The minimum absolute atomic E-state index is 0.161. The Kier molecular flexibility index (Phi) is 7.43. The number of aliphatic hydroxyl groups is 1. The molecule has 1 amide bonds. The highest BCUT2D eigenvalue weighted by atomic mass is 19.1. The van der Waals surface area contributed by atoms with Crippen molar-refractivity contribution >= 4 is 17.3 Å². The number of carbonyl (C=O) groups excluding carboxylic acids is 1. The first-order valence-electron chi connectivity index (χ1n) is 12.1. The fraction of sp³-hybridized carbons (Fsp3) is 0.481. The third-order valence-corrected chi connectivity index (χ3v) is 6.68. The van der Waals surface area contributed by atoms with Crippen molar-refractivity contribution in [3.63, 3.8) is 0 Å². The van der Waals surface area contributed by atoms with Crippen molar-refractivity contribution in [2.75, 3.05) is 18.5 Å². The first-order valence-corrected chi connectivity index (χ1v) is 12.1. The number of nitrogens with one attached hydrogen (secondary N) is 1. The van der Waals surface area contributed by atoms with Crippen LogP contribution in [-0.4, -0.2) is 42.6 Å². The number of amides is 1. The van der Waals surface area contributed by atoms with E-state index in [9.17, 15) is 14.3 Å². The van der Waals surface area contributed by atoms with Crippen LogP contribution in [0.15, 0.2) is 53.5 Å². The fourth-order valence-electron chi connectivity index (χ4n) is 4.61. The summed E-state index contributed by atoms with van der Waals surface area (Å²) < 4.78 is 14.8. The fourth-order valence-corrected chi connectivity index (χ4v) is 4.61. The Morgan fingerprint density at radius 1 is 1.18 bits per heavy atom. The second kappa shape index (κ2) is 10.5. The molecule has 0 saturated heterocycles. The number of benzene rings is 2. The molecule has 6 heteroatoms. The van der Waals surface area contributed by atoms with E-state index in [1.807, 2.05) is 36.2 Å². The van der Waals surface area contributed by atoms with Gasteiger partial charge in [-0.05, 0) is 37.0 Å². The Labute approximate surface area is 195 Å². The third kappa shape index (κ3) is 5.61. The number of aliphatic imine (C=N–C) groups is 1. The molecule has 5 nitrogen and oxygen atoms in total. The Morgan fingerprint density at radius 3 is 2.58 bits per heavy atom. The van der Waals surface area contributed by atoms with Gasteiger partial charge in [-0.25, -0.2) is 4.39 Å². The molecule has 3 atom stereocenters. The van der Waals surface area contributed by atoms with Gasteiger partial charge in [-0.2, -0.15) is 0 Å².